The fourth-order valence-corrected chi connectivity index (χ4v) is 1.81. The van der Waals surface area contributed by atoms with Crippen LogP contribution in [0.5, 0.6) is 0 Å². The Bertz CT molecular complexity index is 469. The topological polar surface area (TPSA) is 38.0 Å². The molecule has 1 atom stereocenters. The number of imidazole rings is 1. The van der Waals surface area contributed by atoms with Crippen LogP contribution in [-0.4, -0.2) is 14.7 Å². The first-order valence-electron chi connectivity index (χ1n) is 4.77. The number of hydrogen-bond acceptors (Lipinski definition) is 2. The van der Waals surface area contributed by atoms with Gasteiger partial charge in [-0.05, 0) is 33.6 Å². The van der Waals surface area contributed by atoms with E-state index in [-0.39, 0.29) is 5.82 Å². The van der Waals surface area contributed by atoms with Crippen molar-refractivity contribution >= 4 is 15.9 Å². The Morgan fingerprint density at radius 3 is 2.62 bits per heavy atom. The predicted octanol–water partition coefficient (Wildman–Crippen LogP) is 2.52. The molecule has 2 rings (SSSR count). The van der Waals surface area contributed by atoms with Gasteiger partial charge in [0.05, 0.1) is 12.6 Å². The van der Waals surface area contributed by atoms with Gasteiger partial charge in [-0.2, -0.15) is 0 Å². The molecular formula is C11H10BrFN2O. The van der Waals surface area contributed by atoms with E-state index in [0.717, 1.165) is 0 Å². The van der Waals surface area contributed by atoms with Crippen LogP contribution < -0.4 is 0 Å². The van der Waals surface area contributed by atoms with Gasteiger partial charge in [-0.3, -0.25) is 0 Å². The minimum Gasteiger partial charge on any atom is -0.387 e. The second-order valence-electron chi connectivity index (χ2n) is 3.42. The SMILES string of the molecule is OC(Cn1ccnc1Br)c1ccc(F)cc1. The summed E-state index contributed by atoms with van der Waals surface area (Å²) in [7, 11) is 0. The van der Waals surface area contributed by atoms with Crippen molar-refractivity contribution in [3.05, 3.63) is 52.8 Å². The summed E-state index contributed by atoms with van der Waals surface area (Å²) in [5.41, 5.74) is 0.682. The van der Waals surface area contributed by atoms with Gasteiger partial charge in [-0.1, -0.05) is 12.1 Å². The van der Waals surface area contributed by atoms with Gasteiger partial charge < -0.3 is 9.67 Å². The number of halogens is 2. The van der Waals surface area contributed by atoms with Gasteiger partial charge >= 0.3 is 0 Å². The van der Waals surface area contributed by atoms with E-state index >= 15 is 0 Å². The van der Waals surface area contributed by atoms with Gasteiger partial charge in [0.15, 0.2) is 4.73 Å². The molecule has 5 heteroatoms. The highest BCUT2D eigenvalue weighted by Gasteiger charge is 2.09. The van der Waals surface area contributed by atoms with E-state index in [9.17, 15) is 9.50 Å². The first-order chi connectivity index (χ1) is 7.66. The van der Waals surface area contributed by atoms with Gasteiger partial charge in [0.2, 0.25) is 0 Å². The molecule has 84 valence electrons. The fraction of sp³-hybridized carbons (Fsp3) is 0.182. The maximum atomic E-state index is 12.7. The molecule has 0 saturated heterocycles. The zero-order chi connectivity index (χ0) is 11.5. The van der Waals surface area contributed by atoms with E-state index in [4.69, 9.17) is 0 Å². The fourth-order valence-electron chi connectivity index (χ4n) is 1.42. The molecule has 16 heavy (non-hydrogen) atoms. The minimum absolute atomic E-state index is 0.306. The highest BCUT2D eigenvalue weighted by Crippen LogP contribution is 2.17. The van der Waals surface area contributed by atoms with E-state index < -0.39 is 6.10 Å². The molecule has 3 nitrogen and oxygen atoms in total. The van der Waals surface area contributed by atoms with Crippen LogP contribution in [0.4, 0.5) is 4.39 Å². The van der Waals surface area contributed by atoms with Crippen molar-refractivity contribution in [2.45, 2.75) is 12.6 Å². The number of hydrogen-bond donors (Lipinski definition) is 1. The van der Waals surface area contributed by atoms with Crippen LogP contribution in [0.3, 0.4) is 0 Å². The van der Waals surface area contributed by atoms with Crippen molar-refractivity contribution in [1.82, 2.24) is 9.55 Å². The largest absolute Gasteiger partial charge is 0.387 e. The number of nitrogens with zero attached hydrogens (tertiary/aromatic N) is 2. The molecule has 0 bridgehead atoms. The van der Waals surface area contributed by atoms with Crippen LogP contribution in [0.2, 0.25) is 0 Å². The summed E-state index contributed by atoms with van der Waals surface area (Å²) in [5.74, 6) is -0.306. The molecule has 0 radical (unpaired) electrons. The quantitative estimate of drug-likeness (QED) is 0.941. The van der Waals surface area contributed by atoms with Crippen molar-refractivity contribution in [1.29, 1.82) is 0 Å². The van der Waals surface area contributed by atoms with Crippen LogP contribution in [0, 0.1) is 5.82 Å². The Kier molecular flexibility index (Phi) is 3.36. The van der Waals surface area contributed by atoms with E-state index in [0.29, 0.717) is 16.8 Å². The molecule has 1 unspecified atom stereocenters. The van der Waals surface area contributed by atoms with Gasteiger partial charge in [0, 0.05) is 12.4 Å². The maximum Gasteiger partial charge on any atom is 0.177 e. The number of aliphatic hydroxyl groups is 1. The first kappa shape index (κ1) is 11.3. The Morgan fingerprint density at radius 1 is 1.38 bits per heavy atom. The third-order valence-corrected chi connectivity index (χ3v) is 2.95. The normalized spacial score (nSPS) is 12.7. The number of benzene rings is 1. The second kappa shape index (κ2) is 4.76. The Morgan fingerprint density at radius 2 is 2.06 bits per heavy atom. The summed E-state index contributed by atoms with van der Waals surface area (Å²) < 4.78 is 15.1. The summed E-state index contributed by atoms with van der Waals surface area (Å²) in [5, 5.41) is 9.92. The smallest absolute Gasteiger partial charge is 0.177 e. The number of aromatic nitrogens is 2. The molecule has 1 N–H and O–H groups in total. The highest BCUT2D eigenvalue weighted by atomic mass is 79.9. The predicted molar refractivity (Wildman–Crippen MR) is 61.3 cm³/mol. The molecule has 0 spiro atoms. The van der Waals surface area contributed by atoms with Gasteiger partial charge in [0.25, 0.3) is 0 Å². The summed E-state index contributed by atoms with van der Waals surface area (Å²) in [4.78, 5) is 3.99. The summed E-state index contributed by atoms with van der Waals surface area (Å²) in [6.07, 6.45) is 2.73. The zero-order valence-corrected chi connectivity index (χ0v) is 9.93. The third kappa shape index (κ3) is 2.48. The molecule has 0 aliphatic carbocycles. The standard InChI is InChI=1S/C11H10BrFN2O/c12-11-14-5-6-15(11)7-10(16)8-1-3-9(13)4-2-8/h1-6,10,16H,7H2. The Labute approximate surface area is 101 Å². The molecule has 0 amide bonds. The minimum atomic E-state index is -0.675. The van der Waals surface area contributed by atoms with Gasteiger partial charge in [0.1, 0.15) is 5.82 Å². The number of rotatable bonds is 3. The monoisotopic (exact) mass is 284 g/mol. The molecule has 0 aliphatic rings. The summed E-state index contributed by atoms with van der Waals surface area (Å²) >= 11 is 3.26. The van der Waals surface area contributed by atoms with Crippen molar-refractivity contribution in [2.24, 2.45) is 0 Å². The van der Waals surface area contributed by atoms with Gasteiger partial charge in [-0.25, -0.2) is 9.37 Å². The van der Waals surface area contributed by atoms with E-state index in [2.05, 4.69) is 20.9 Å². The van der Waals surface area contributed by atoms with Crippen molar-refractivity contribution in [3.63, 3.8) is 0 Å². The van der Waals surface area contributed by atoms with E-state index in [1.165, 1.54) is 12.1 Å². The van der Waals surface area contributed by atoms with Crippen molar-refractivity contribution in [3.8, 4) is 0 Å². The van der Waals surface area contributed by atoms with E-state index in [1.54, 1.807) is 29.1 Å². The Hall–Kier alpha value is -1.20. The molecule has 0 saturated carbocycles. The average Bonchev–Trinajstić information content (AvgIpc) is 2.65. The molecule has 2 aromatic rings. The molecule has 0 aliphatic heterocycles. The van der Waals surface area contributed by atoms with Crippen molar-refractivity contribution in [2.75, 3.05) is 0 Å². The molecule has 1 aromatic heterocycles. The van der Waals surface area contributed by atoms with Crippen LogP contribution in [0.15, 0.2) is 41.4 Å². The van der Waals surface area contributed by atoms with Crippen LogP contribution >= 0.6 is 15.9 Å². The lowest BCUT2D eigenvalue weighted by Crippen LogP contribution is -2.08. The van der Waals surface area contributed by atoms with Crippen LogP contribution in [0.1, 0.15) is 11.7 Å². The number of aliphatic hydroxyl groups excluding tert-OH is 1. The summed E-state index contributed by atoms with van der Waals surface area (Å²) in [6, 6.07) is 5.82. The Balaban J connectivity index is 2.11. The molecule has 1 heterocycles. The third-order valence-electron chi connectivity index (χ3n) is 2.29. The van der Waals surface area contributed by atoms with Crippen LogP contribution in [-0.2, 0) is 6.54 Å². The lowest BCUT2D eigenvalue weighted by atomic mass is 10.1. The van der Waals surface area contributed by atoms with E-state index in [1.807, 2.05) is 0 Å². The lowest BCUT2D eigenvalue weighted by molar-refractivity contribution is 0.155. The highest BCUT2D eigenvalue weighted by molar-refractivity contribution is 9.10. The molecule has 0 fully saturated rings. The zero-order valence-electron chi connectivity index (χ0n) is 8.35. The first-order valence-corrected chi connectivity index (χ1v) is 5.56. The summed E-state index contributed by atoms with van der Waals surface area (Å²) in [6.45, 7) is 0.381. The van der Waals surface area contributed by atoms with Crippen molar-refractivity contribution < 1.29 is 9.50 Å². The molecule has 1 aromatic carbocycles. The maximum absolute atomic E-state index is 12.7. The molecular weight excluding hydrogens is 275 g/mol. The van der Waals surface area contributed by atoms with Crippen LogP contribution in [0.25, 0.3) is 0 Å². The van der Waals surface area contributed by atoms with Gasteiger partial charge in [-0.15, -0.1) is 0 Å². The average molecular weight is 285 g/mol. The second-order valence-corrected chi connectivity index (χ2v) is 4.13. The lowest BCUT2D eigenvalue weighted by Gasteiger charge is -2.12.